The van der Waals surface area contributed by atoms with Crippen molar-refractivity contribution in [1.82, 2.24) is 9.47 Å². The minimum atomic E-state index is -0.244. The lowest BCUT2D eigenvalue weighted by molar-refractivity contribution is -0.128. The van der Waals surface area contributed by atoms with Gasteiger partial charge >= 0.3 is 0 Å². The molecule has 5 nitrogen and oxygen atoms in total. The second kappa shape index (κ2) is 5.47. The summed E-state index contributed by atoms with van der Waals surface area (Å²) in [7, 11) is 0. The Labute approximate surface area is 124 Å². The van der Waals surface area contributed by atoms with E-state index < -0.39 is 0 Å². The van der Waals surface area contributed by atoms with Crippen LogP contribution in [-0.2, 0) is 4.79 Å². The molecule has 1 saturated heterocycles. The number of nitrogens with zero attached hydrogens (tertiary/aromatic N) is 3. The third-order valence-corrected chi connectivity index (χ3v) is 3.96. The molecule has 0 aromatic carbocycles. The van der Waals surface area contributed by atoms with Gasteiger partial charge in [-0.3, -0.25) is 19.1 Å². The van der Waals surface area contributed by atoms with Gasteiger partial charge in [-0.25, -0.2) is 0 Å². The Morgan fingerprint density at radius 1 is 1.33 bits per heavy atom. The summed E-state index contributed by atoms with van der Waals surface area (Å²) in [6.07, 6.45) is 4.24. The van der Waals surface area contributed by atoms with E-state index in [-0.39, 0.29) is 23.8 Å². The van der Waals surface area contributed by atoms with Crippen LogP contribution in [0.2, 0.25) is 0 Å². The van der Waals surface area contributed by atoms with Crippen molar-refractivity contribution < 1.29 is 9.59 Å². The maximum Gasteiger partial charge on any atom is 0.237 e. The van der Waals surface area contributed by atoms with E-state index in [4.69, 9.17) is 0 Å². The number of aromatic nitrogens is 1. The number of hydrogen-bond acceptors (Lipinski definition) is 3. The van der Waals surface area contributed by atoms with Gasteiger partial charge in [0, 0.05) is 31.2 Å². The first-order valence-corrected chi connectivity index (χ1v) is 7.61. The Hall–Kier alpha value is -1.91. The summed E-state index contributed by atoms with van der Waals surface area (Å²) in [5.41, 5.74) is 0.662. The maximum atomic E-state index is 12.7. The molecule has 0 N–H and O–H groups in total. The van der Waals surface area contributed by atoms with Crippen molar-refractivity contribution in [2.75, 3.05) is 6.54 Å². The van der Waals surface area contributed by atoms with Crippen LogP contribution in [0.1, 0.15) is 37.9 Å². The van der Waals surface area contributed by atoms with Gasteiger partial charge in [-0.2, -0.15) is 0 Å². The number of amides is 1. The Kier molecular flexibility index (Phi) is 3.66. The Bertz CT molecular complexity index is 628. The number of rotatable bonds is 3. The van der Waals surface area contributed by atoms with E-state index in [9.17, 15) is 9.59 Å². The number of carbonyl (C=O) groups is 2. The summed E-state index contributed by atoms with van der Waals surface area (Å²) in [6.45, 7) is 4.52. The van der Waals surface area contributed by atoms with E-state index in [2.05, 4.69) is 4.99 Å². The molecule has 0 unspecified atom stereocenters. The summed E-state index contributed by atoms with van der Waals surface area (Å²) in [4.78, 5) is 31.1. The zero-order valence-electron chi connectivity index (χ0n) is 12.5. The van der Waals surface area contributed by atoms with E-state index in [0.717, 1.165) is 12.8 Å². The quantitative estimate of drug-likeness (QED) is 0.845. The Morgan fingerprint density at radius 2 is 2.10 bits per heavy atom. The molecular weight excluding hydrogens is 266 g/mol. The molecule has 21 heavy (non-hydrogen) atoms. The van der Waals surface area contributed by atoms with Crippen molar-refractivity contribution >= 4 is 11.8 Å². The molecule has 1 atom stereocenters. The lowest BCUT2D eigenvalue weighted by Crippen LogP contribution is -2.34. The van der Waals surface area contributed by atoms with Gasteiger partial charge in [0.05, 0.1) is 5.92 Å². The fourth-order valence-corrected chi connectivity index (χ4v) is 2.82. The largest absolute Gasteiger partial charge is 0.339 e. The Morgan fingerprint density at radius 3 is 2.76 bits per heavy atom. The van der Waals surface area contributed by atoms with Crippen molar-refractivity contribution in [2.24, 2.45) is 10.9 Å². The highest BCUT2D eigenvalue weighted by Gasteiger charge is 2.42. The molecule has 1 saturated carbocycles. The molecule has 2 heterocycles. The lowest BCUT2D eigenvalue weighted by atomic mass is 10.1. The first-order chi connectivity index (χ1) is 10.1. The standard InChI is InChI=1S/C16H21N3O2/c1-11(2)17-14-5-3-4-8-18(14)16(21)12-9-15(20)19(10-12)13-6-7-13/h3-5,8,11-13H,6-7,9-10H2,1-2H3/t12-/m0/s1. The lowest BCUT2D eigenvalue weighted by Gasteiger charge is -2.15. The van der Waals surface area contributed by atoms with Crippen LogP contribution in [0.25, 0.3) is 0 Å². The smallest absolute Gasteiger partial charge is 0.237 e. The molecule has 112 valence electrons. The summed E-state index contributed by atoms with van der Waals surface area (Å²) >= 11 is 0. The highest BCUT2D eigenvalue weighted by molar-refractivity contribution is 5.90. The molecule has 1 aliphatic carbocycles. The molecule has 2 fully saturated rings. The predicted octanol–water partition coefficient (Wildman–Crippen LogP) is 1.45. The van der Waals surface area contributed by atoms with Gasteiger partial charge in [-0.1, -0.05) is 6.07 Å². The van der Waals surface area contributed by atoms with E-state index in [1.165, 1.54) is 0 Å². The van der Waals surface area contributed by atoms with E-state index in [1.807, 2.05) is 36.9 Å². The molecule has 1 aliphatic heterocycles. The van der Waals surface area contributed by atoms with Gasteiger partial charge in [-0.05, 0) is 38.8 Å². The molecule has 2 aliphatic rings. The molecular formula is C16H21N3O2. The zero-order valence-corrected chi connectivity index (χ0v) is 12.5. The van der Waals surface area contributed by atoms with Crippen molar-refractivity contribution in [1.29, 1.82) is 0 Å². The van der Waals surface area contributed by atoms with Gasteiger partial charge in [0.2, 0.25) is 11.8 Å². The third kappa shape index (κ3) is 2.91. The molecule has 1 amide bonds. The molecule has 5 heteroatoms. The van der Waals surface area contributed by atoms with Crippen LogP contribution in [-0.4, -0.2) is 39.9 Å². The first-order valence-electron chi connectivity index (χ1n) is 7.61. The van der Waals surface area contributed by atoms with Crippen LogP contribution in [0.3, 0.4) is 0 Å². The monoisotopic (exact) mass is 287 g/mol. The average Bonchev–Trinajstić information content (AvgIpc) is 3.21. The summed E-state index contributed by atoms with van der Waals surface area (Å²) in [6, 6.07) is 6.05. The average molecular weight is 287 g/mol. The van der Waals surface area contributed by atoms with Crippen molar-refractivity contribution in [2.45, 2.75) is 45.2 Å². The number of hydrogen-bond donors (Lipinski definition) is 0. The van der Waals surface area contributed by atoms with Crippen LogP contribution >= 0.6 is 0 Å². The highest BCUT2D eigenvalue weighted by Crippen LogP contribution is 2.32. The van der Waals surface area contributed by atoms with Crippen LogP contribution in [0.5, 0.6) is 0 Å². The van der Waals surface area contributed by atoms with Crippen molar-refractivity contribution in [3.63, 3.8) is 0 Å². The van der Waals surface area contributed by atoms with Crippen molar-refractivity contribution in [3.8, 4) is 0 Å². The number of carbonyl (C=O) groups excluding carboxylic acids is 2. The fraction of sp³-hybridized carbons (Fsp3) is 0.562. The van der Waals surface area contributed by atoms with Gasteiger partial charge in [0.1, 0.15) is 5.49 Å². The van der Waals surface area contributed by atoms with Crippen LogP contribution < -0.4 is 5.49 Å². The molecule has 0 spiro atoms. The minimum absolute atomic E-state index is 0.0218. The van der Waals surface area contributed by atoms with Crippen LogP contribution in [0, 0.1) is 5.92 Å². The first kappa shape index (κ1) is 14.0. The van der Waals surface area contributed by atoms with Crippen molar-refractivity contribution in [3.05, 3.63) is 29.9 Å². The molecule has 0 bridgehead atoms. The summed E-state index contributed by atoms with van der Waals surface area (Å²) in [5, 5.41) is 0. The molecule has 1 aromatic rings. The third-order valence-electron chi connectivity index (χ3n) is 3.96. The topological polar surface area (TPSA) is 54.7 Å². The molecule has 1 aromatic heterocycles. The highest BCUT2D eigenvalue weighted by atomic mass is 16.2. The summed E-state index contributed by atoms with van der Waals surface area (Å²) < 4.78 is 1.59. The number of pyridine rings is 1. The van der Waals surface area contributed by atoms with Gasteiger partial charge < -0.3 is 4.90 Å². The van der Waals surface area contributed by atoms with Crippen LogP contribution in [0.15, 0.2) is 29.4 Å². The van der Waals surface area contributed by atoms with Gasteiger partial charge in [0.15, 0.2) is 0 Å². The van der Waals surface area contributed by atoms with Gasteiger partial charge in [-0.15, -0.1) is 0 Å². The SMILES string of the molecule is CC(C)N=c1ccccn1C(=O)[C@H]1CC(=O)N(C2CC2)C1. The zero-order chi connectivity index (χ0) is 15.0. The molecule has 3 rings (SSSR count). The maximum absolute atomic E-state index is 12.7. The predicted molar refractivity (Wildman–Crippen MR) is 78.6 cm³/mol. The second-order valence-corrected chi connectivity index (χ2v) is 6.17. The normalized spacial score (nSPS) is 23.2. The minimum Gasteiger partial charge on any atom is -0.339 e. The van der Waals surface area contributed by atoms with E-state index >= 15 is 0 Å². The van der Waals surface area contributed by atoms with E-state index in [0.29, 0.717) is 24.5 Å². The fourth-order valence-electron chi connectivity index (χ4n) is 2.82. The number of likely N-dealkylation sites (tertiary alicyclic amines) is 1. The summed E-state index contributed by atoms with van der Waals surface area (Å²) in [5.74, 6) is -0.146. The van der Waals surface area contributed by atoms with Crippen LogP contribution in [0.4, 0.5) is 0 Å². The molecule has 0 radical (unpaired) electrons. The Balaban J connectivity index is 1.85. The van der Waals surface area contributed by atoms with Gasteiger partial charge in [0.25, 0.3) is 0 Å². The van der Waals surface area contributed by atoms with E-state index in [1.54, 1.807) is 10.8 Å². The second-order valence-electron chi connectivity index (χ2n) is 6.17.